The van der Waals surface area contributed by atoms with Gasteiger partial charge in [-0.15, -0.1) is 0 Å². The van der Waals surface area contributed by atoms with Gasteiger partial charge in [-0.1, -0.05) is 12.2 Å². The Labute approximate surface area is 153 Å². The predicted octanol–water partition coefficient (Wildman–Crippen LogP) is -2.41. The zero-order chi connectivity index (χ0) is 19.6. The van der Waals surface area contributed by atoms with Crippen LogP contribution in [0.1, 0.15) is 6.23 Å². The Morgan fingerprint density at radius 2 is 2.15 bits per heavy atom. The molecule has 0 amide bonds. The first kappa shape index (κ1) is 19.1. The molecule has 12 nitrogen and oxygen atoms in total. The molecule has 1 saturated heterocycles. The number of carboxylic acid groups (broad SMARTS) is 1. The number of fused-ring (bicyclic) bond motifs is 1. The summed E-state index contributed by atoms with van der Waals surface area (Å²) in [6.07, 6.45) is 1.71. The molecule has 1 fully saturated rings. The number of hydrogen-bond acceptors (Lipinski definition) is 10. The highest BCUT2D eigenvalue weighted by Gasteiger charge is 2.44. The second-order valence-electron chi connectivity index (χ2n) is 6.08. The van der Waals surface area contributed by atoms with Crippen LogP contribution < -0.4 is 16.8 Å². The Balaban J connectivity index is 1.62. The Morgan fingerprint density at radius 1 is 1.37 bits per heavy atom. The third-order valence-corrected chi connectivity index (χ3v) is 4.23. The van der Waals surface area contributed by atoms with Gasteiger partial charge in [-0.3, -0.25) is 9.36 Å². The van der Waals surface area contributed by atoms with Gasteiger partial charge >= 0.3 is 5.97 Å². The van der Waals surface area contributed by atoms with Crippen molar-refractivity contribution in [2.75, 3.05) is 18.8 Å². The van der Waals surface area contributed by atoms with Gasteiger partial charge in [-0.2, -0.15) is 0 Å². The Morgan fingerprint density at radius 3 is 2.89 bits per heavy atom. The molecule has 12 heteroatoms. The molecule has 0 radical (unpaired) electrons. The molecule has 27 heavy (non-hydrogen) atoms. The number of ether oxygens (including phenoxy) is 1. The van der Waals surface area contributed by atoms with Crippen LogP contribution in [-0.2, 0) is 9.53 Å². The topological polar surface area (TPSA) is 195 Å². The number of rotatable bonds is 7. The third-order valence-electron chi connectivity index (χ3n) is 4.23. The average molecular weight is 379 g/mol. The van der Waals surface area contributed by atoms with Gasteiger partial charge < -0.3 is 36.8 Å². The molecule has 146 valence electrons. The fraction of sp³-hybridized carbons (Fsp3) is 0.467. The molecule has 1 aliphatic rings. The van der Waals surface area contributed by atoms with E-state index in [1.807, 2.05) is 0 Å². The number of aromatic nitrogens is 4. The molecule has 2 aromatic rings. The summed E-state index contributed by atoms with van der Waals surface area (Å²) >= 11 is 0. The SMILES string of the molecule is Nc1ncnc2c1ncn2[C@@H]1O[C@H](CNCC=CC(N)C(=O)O)[C@@H](O)[C@H]1O. The molecule has 8 N–H and O–H groups in total. The first-order valence-electron chi connectivity index (χ1n) is 8.20. The lowest BCUT2D eigenvalue weighted by molar-refractivity contribution is -0.137. The van der Waals surface area contributed by atoms with Gasteiger partial charge in [0, 0.05) is 13.1 Å². The van der Waals surface area contributed by atoms with Crippen LogP contribution in [0.2, 0.25) is 0 Å². The van der Waals surface area contributed by atoms with Crippen LogP contribution in [-0.4, -0.2) is 78.3 Å². The molecular weight excluding hydrogens is 358 g/mol. The molecule has 0 aliphatic carbocycles. The zero-order valence-electron chi connectivity index (χ0n) is 14.2. The van der Waals surface area contributed by atoms with E-state index in [2.05, 4.69) is 20.3 Å². The van der Waals surface area contributed by atoms with Crippen molar-refractivity contribution in [3.05, 3.63) is 24.8 Å². The highest BCUT2D eigenvalue weighted by atomic mass is 16.6. The van der Waals surface area contributed by atoms with Crippen LogP contribution in [0.5, 0.6) is 0 Å². The van der Waals surface area contributed by atoms with Gasteiger partial charge in [0.05, 0.1) is 6.33 Å². The molecule has 0 aromatic carbocycles. The number of nitrogen functional groups attached to an aromatic ring is 1. The number of imidazole rings is 1. The first-order valence-corrected chi connectivity index (χ1v) is 8.20. The van der Waals surface area contributed by atoms with Crippen molar-refractivity contribution in [2.45, 2.75) is 30.6 Å². The quantitative estimate of drug-likeness (QED) is 0.221. The summed E-state index contributed by atoms with van der Waals surface area (Å²) in [5, 5.41) is 32.3. The van der Waals surface area contributed by atoms with Gasteiger partial charge in [0.25, 0.3) is 0 Å². The average Bonchev–Trinajstić information content (AvgIpc) is 3.18. The monoisotopic (exact) mass is 379 g/mol. The van der Waals surface area contributed by atoms with E-state index in [1.54, 1.807) is 6.08 Å². The highest BCUT2D eigenvalue weighted by Crippen LogP contribution is 2.31. The second kappa shape index (κ2) is 7.94. The number of aliphatic carboxylic acids is 1. The fourth-order valence-electron chi connectivity index (χ4n) is 2.79. The lowest BCUT2D eigenvalue weighted by Gasteiger charge is -2.16. The number of carboxylic acids is 1. The molecule has 2 aromatic heterocycles. The Bertz CT molecular complexity index is 841. The summed E-state index contributed by atoms with van der Waals surface area (Å²) in [5.74, 6) is -0.917. The standard InChI is InChI=1S/C15H21N7O5/c16-7(15(25)26)2-1-3-18-4-8-10(23)11(24)14(27-8)22-6-21-9-12(17)19-5-20-13(9)22/h1-2,5-8,10-11,14,18,23-24H,3-4,16H2,(H,25,26)(H2,17,19,20)/t7?,8-,10-,11-,14-/m1/s1. The Hall–Kier alpha value is -2.64. The van der Waals surface area contributed by atoms with E-state index in [0.717, 1.165) is 0 Å². The lowest BCUT2D eigenvalue weighted by atomic mass is 10.1. The van der Waals surface area contributed by atoms with E-state index in [4.69, 9.17) is 21.3 Å². The molecule has 5 atom stereocenters. The number of nitrogens with two attached hydrogens (primary N) is 2. The number of nitrogens with zero attached hydrogens (tertiary/aromatic N) is 4. The number of aliphatic hydroxyl groups excluding tert-OH is 2. The fourth-order valence-corrected chi connectivity index (χ4v) is 2.79. The van der Waals surface area contributed by atoms with Crippen molar-refractivity contribution in [1.29, 1.82) is 0 Å². The van der Waals surface area contributed by atoms with Crippen molar-refractivity contribution in [1.82, 2.24) is 24.8 Å². The van der Waals surface area contributed by atoms with Crippen molar-refractivity contribution in [3.63, 3.8) is 0 Å². The molecule has 3 heterocycles. The van der Waals surface area contributed by atoms with Crippen molar-refractivity contribution in [2.24, 2.45) is 5.73 Å². The van der Waals surface area contributed by atoms with E-state index < -0.39 is 36.6 Å². The van der Waals surface area contributed by atoms with E-state index in [-0.39, 0.29) is 12.4 Å². The molecule has 3 rings (SSSR count). The predicted molar refractivity (Wildman–Crippen MR) is 93.3 cm³/mol. The maximum atomic E-state index is 10.6. The minimum absolute atomic E-state index is 0.205. The van der Waals surface area contributed by atoms with Gasteiger partial charge in [0.2, 0.25) is 0 Å². The summed E-state index contributed by atoms with van der Waals surface area (Å²) in [5.41, 5.74) is 11.9. The van der Waals surface area contributed by atoms with Gasteiger partial charge in [-0.25, -0.2) is 15.0 Å². The van der Waals surface area contributed by atoms with Gasteiger partial charge in [0.1, 0.15) is 36.2 Å². The zero-order valence-corrected chi connectivity index (χ0v) is 14.2. The van der Waals surface area contributed by atoms with Crippen LogP contribution in [0.15, 0.2) is 24.8 Å². The summed E-state index contributed by atoms with van der Waals surface area (Å²) in [6.45, 7) is 0.553. The number of nitrogens with one attached hydrogen (secondary N) is 1. The van der Waals surface area contributed by atoms with Crippen LogP contribution in [0.4, 0.5) is 5.82 Å². The maximum Gasteiger partial charge on any atom is 0.324 e. The van der Waals surface area contributed by atoms with Crippen molar-refractivity contribution in [3.8, 4) is 0 Å². The minimum atomic E-state index is -1.19. The molecule has 1 unspecified atom stereocenters. The number of anilines is 1. The van der Waals surface area contributed by atoms with Crippen LogP contribution in [0.3, 0.4) is 0 Å². The van der Waals surface area contributed by atoms with Crippen LogP contribution in [0, 0.1) is 0 Å². The number of aliphatic hydroxyl groups is 2. The number of carbonyl (C=O) groups is 1. The van der Waals surface area contributed by atoms with Crippen LogP contribution in [0.25, 0.3) is 11.2 Å². The summed E-state index contributed by atoms with van der Waals surface area (Å²) < 4.78 is 7.25. The van der Waals surface area contributed by atoms with Gasteiger partial charge in [0.15, 0.2) is 17.7 Å². The molecule has 0 bridgehead atoms. The largest absolute Gasteiger partial charge is 0.480 e. The maximum absolute atomic E-state index is 10.6. The second-order valence-corrected chi connectivity index (χ2v) is 6.08. The molecule has 1 aliphatic heterocycles. The summed E-state index contributed by atoms with van der Waals surface area (Å²) in [7, 11) is 0. The van der Waals surface area contributed by atoms with E-state index in [9.17, 15) is 15.0 Å². The van der Waals surface area contributed by atoms with E-state index in [0.29, 0.717) is 17.7 Å². The molecular formula is C15H21N7O5. The van der Waals surface area contributed by atoms with Gasteiger partial charge in [-0.05, 0) is 0 Å². The lowest BCUT2D eigenvalue weighted by Crippen LogP contribution is -2.37. The van der Waals surface area contributed by atoms with E-state index in [1.165, 1.54) is 23.3 Å². The normalized spacial score (nSPS) is 26.8. The minimum Gasteiger partial charge on any atom is -0.480 e. The molecule has 0 spiro atoms. The molecule has 0 saturated carbocycles. The van der Waals surface area contributed by atoms with Crippen molar-refractivity contribution < 1.29 is 24.9 Å². The summed E-state index contributed by atoms with van der Waals surface area (Å²) in [6, 6.07) is -1.07. The Kier molecular flexibility index (Phi) is 5.62. The smallest absolute Gasteiger partial charge is 0.324 e. The van der Waals surface area contributed by atoms with Crippen molar-refractivity contribution >= 4 is 23.0 Å². The van der Waals surface area contributed by atoms with Crippen LogP contribution >= 0.6 is 0 Å². The number of hydrogen-bond donors (Lipinski definition) is 6. The first-order chi connectivity index (χ1) is 12.9. The third kappa shape index (κ3) is 3.89. The highest BCUT2D eigenvalue weighted by molar-refractivity contribution is 5.81. The summed E-state index contributed by atoms with van der Waals surface area (Å²) in [4.78, 5) is 22.7. The van der Waals surface area contributed by atoms with E-state index >= 15 is 0 Å².